The molecule has 0 saturated heterocycles. The van der Waals surface area contributed by atoms with Gasteiger partial charge in [0.2, 0.25) is 0 Å². The molecule has 84 valence electrons. The van der Waals surface area contributed by atoms with Crippen molar-refractivity contribution < 1.29 is 0 Å². The zero-order chi connectivity index (χ0) is 12.1. The molecule has 2 aromatic rings. The van der Waals surface area contributed by atoms with Crippen LogP contribution in [0.1, 0.15) is 5.69 Å². The van der Waals surface area contributed by atoms with Crippen LogP contribution in [0.5, 0.6) is 0 Å². The lowest BCUT2D eigenvalue weighted by molar-refractivity contribution is 1.22. The van der Waals surface area contributed by atoms with Crippen LogP contribution in [0.2, 0.25) is 0 Å². The van der Waals surface area contributed by atoms with Crippen LogP contribution in [0.3, 0.4) is 0 Å². The molecule has 0 aliphatic carbocycles. The molecule has 17 heavy (non-hydrogen) atoms. The minimum atomic E-state index is 0.220. The molecule has 0 fully saturated rings. The van der Waals surface area contributed by atoms with E-state index in [2.05, 4.69) is 15.0 Å². The molecule has 0 aromatic carbocycles. The molecule has 0 bridgehead atoms. The van der Waals surface area contributed by atoms with Crippen molar-refractivity contribution in [1.29, 1.82) is 5.41 Å². The zero-order valence-corrected chi connectivity index (χ0v) is 9.04. The van der Waals surface area contributed by atoms with Crippen molar-refractivity contribution in [3.8, 4) is 11.4 Å². The number of rotatable bonds is 3. The summed E-state index contributed by atoms with van der Waals surface area (Å²) < 4.78 is 0. The molecular weight excluding hydrogens is 214 g/mol. The first-order valence-electron chi connectivity index (χ1n) is 5.02. The summed E-state index contributed by atoms with van der Waals surface area (Å²) >= 11 is 0. The minimum Gasteiger partial charge on any atom is -0.382 e. The lowest BCUT2D eigenvalue weighted by Gasteiger charge is -2.02. The van der Waals surface area contributed by atoms with Gasteiger partial charge < -0.3 is 5.73 Å². The summed E-state index contributed by atoms with van der Waals surface area (Å²) in [5, 5.41) is 6.87. The van der Waals surface area contributed by atoms with E-state index in [1.54, 1.807) is 12.3 Å². The molecular formula is C12H11N5. The van der Waals surface area contributed by atoms with E-state index < -0.39 is 0 Å². The third-order valence-corrected chi connectivity index (χ3v) is 2.14. The first-order chi connectivity index (χ1) is 8.31. The van der Waals surface area contributed by atoms with E-state index in [9.17, 15) is 0 Å². The molecule has 2 rings (SSSR count). The third kappa shape index (κ3) is 2.52. The van der Waals surface area contributed by atoms with Gasteiger partial charge in [-0.15, -0.1) is 0 Å². The molecule has 0 aliphatic heterocycles. The third-order valence-electron chi connectivity index (χ3n) is 2.14. The first kappa shape index (κ1) is 10.9. The summed E-state index contributed by atoms with van der Waals surface area (Å²) in [6.07, 6.45) is 2.60. The topological polar surface area (TPSA) is 88.0 Å². The van der Waals surface area contributed by atoms with Gasteiger partial charge in [0, 0.05) is 6.20 Å². The maximum Gasteiger partial charge on any atom is 0.151 e. The van der Waals surface area contributed by atoms with Gasteiger partial charge in [-0.1, -0.05) is 12.1 Å². The molecule has 5 nitrogen and oxygen atoms in total. The van der Waals surface area contributed by atoms with Gasteiger partial charge in [-0.05, 0) is 24.3 Å². The van der Waals surface area contributed by atoms with Crippen LogP contribution in [0.4, 0.5) is 0 Å². The highest BCUT2D eigenvalue weighted by atomic mass is 14.9. The van der Waals surface area contributed by atoms with Crippen molar-refractivity contribution in [3.05, 3.63) is 48.3 Å². The predicted octanol–water partition coefficient (Wildman–Crippen LogP) is 1.46. The number of nitrogens with zero attached hydrogens (tertiary/aromatic N) is 3. The Morgan fingerprint density at radius 1 is 1.18 bits per heavy atom. The lowest BCUT2D eigenvalue weighted by Crippen LogP contribution is -2.15. The van der Waals surface area contributed by atoms with Gasteiger partial charge in [0.25, 0.3) is 0 Å². The standard InChI is InChI=1S/C12H11N5/c13-8-16-12(14)11-6-3-5-10(17-11)9-4-1-2-7-15-9/h1-8H,(H3,13,14,16). The van der Waals surface area contributed by atoms with Crippen molar-refractivity contribution in [2.75, 3.05) is 0 Å². The zero-order valence-electron chi connectivity index (χ0n) is 9.04. The van der Waals surface area contributed by atoms with E-state index in [1.807, 2.05) is 30.3 Å². The van der Waals surface area contributed by atoms with E-state index in [4.69, 9.17) is 11.1 Å². The summed E-state index contributed by atoms with van der Waals surface area (Å²) in [7, 11) is 0. The number of aliphatic imine (C=N–C) groups is 1. The van der Waals surface area contributed by atoms with Crippen LogP contribution in [-0.2, 0) is 0 Å². The molecule has 0 spiro atoms. The van der Waals surface area contributed by atoms with Gasteiger partial charge in [-0.25, -0.2) is 9.98 Å². The van der Waals surface area contributed by atoms with E-state index in [-0.39, 0.29) is 5.84 Å². The Morgan fingerprint density at radius 2 is 2.00 bits per heavy atom. The largest absolute Gasteiger partial charge is 0.382 e. The lowest BCUT2D eigenvalue weighted by atomic mass is 10.2. The quantitative estimate of drug-likeness (QED) is 0.612. The number of amidine groups is 1. The molecule has 2 heterocycles. The highest BCUT2D eigenvalue weighted by Crippen LogP contribution is 2.13. The second kappa shape index (κ2) is 4.98. The van der Waals surface area contributed by atoms with Crippen molar-refractivity contribution in [2.45, 2.75) is 0 Å². The molecule has 0 aliphatic rings. The van der Waals surface area contributed by atoms with E-state index >= 15 is 0 Å². The first-order valence-corrected chi connectivity index (χ1v) is 5.02. The number of nitrogens with two attached hydrogens (primary N) is 1. The fourth-order valence-corrected chi connectivity index (χ4v) is 1.37. The molecule has 0 saturated carbocycles. The molecule has 3 N–H and O–H groups in total. The smallest absolute Gasteiger partial charge is 0.151 e. The highest BCUT2D eigenvalue weighted by Gasteiger charge is 2.03. The predicted molar refractivity (Wildman–Crippen MR) is 67.0 cm³/mol. The molecule has 0 amide bonds. The Balaban J connectivity index is 2.42. The summed E-state index contributed by atoms with van der Waals surface area (Å²) in [4.78, 5) is 12.2. The Morgan fingerprint density at radius 3 is 2.71 bits per heavy atom. The Hall–Kier alpha value is -2.56. The van der Waals surface area contributed by atoms with Gasteiger partial charge in [0.15, 0.2) is 5.84 Å². The highest BCUT2D eigenvalue weighted by molar-refractivity contribution is 5.99. The van der Waals surface area contributed by atoms with Gasteiger partial charge in [0.05, 0.1) is 11.4 Å². The van der Waals surface area contributed by atoms with E-state index in [0.29, 0.717) is 5.69 Å². The molecule has 5 heteroatoms. The van der Waals surface area contributed by atoms with E-state index in [1.165, 1.54) is 0 Å². The average molecular weight is 225 g/mol. The number of aromatic nitrogens is 2. The minimum absolute atomic E-state index is 0.220. The maximum absolute atomic E-state index is 6.87. The summed E-state index contributed by atoms with van der Waals surface area (Å²) in [6, 6.07) is 11.0. The Kier molecular flexibility index (Phi) is 3.20. The van der Waals surface area contributed by atoms with Crippen LogP contribution in [-0.4, -0.2) is 22.1 Å². The summed E-state index contributed by atoms with van der Waals surface area (Å²) in [5.41, 5.74) is 7.71. The second-order valence-electron chi connectivity index (χ2n) is 3.27. The molecule has 2 aromatic heterocycles. The number of hydrogen-bond donors (Lipinski definition) is 2. The number of pyridine rings is 2. The fraction of sp³-hybridized carbons (Fsp3) is 0. The van der Waals surface area contributed by atoms with Crippen molar-refractivity contribution >= 4 is 12.2 Å². The maximum atomic E-state index is 6.87. The second-order valence-corrected chi connectivity index (χ2v) is 3.27. The monoisotopic (exact) mass is 225 g/mol. The van der Waals surface area contributed by atoms with Crippen molar-refractivity contribution in [1.82, 2.24) is 9.97 Å². The van der Waals surface area contributed by atoms with Crippen LogP contribution in [0, 0.1) is 5.41 Å². The average Bonchev–Trinajstić information content (AvgIpc) is 2.40. The van der Waals surface area contributed by atoms with Crippen molar-refractivity contribution in [3.63, 3.8) is 0 Å². The number of nitrogens with one attached hydrogen (secondary N) is 1. The van der Waals surface area contributed by atoms with Crippen LogP contribution in [0.15, 0.2) is 47.6 Å². The molecule has 0 unspecified atom stereocenters. The van der Waals surface area contributed by atoms with E-state index in [0.717, 1.165) is 17.7 Å². The summed E-state index contributed by atoms with van der Waals surface area (Å²) in [6.45, 7) is 0. The van der Waals surface area contributed by atoms with Gasteiger partial charge in [-0.2, -0.15) is 0 Å². The molecule has 0 atom stereocenters. The van der Waals surface area contributed by atoms with Crippen LogP contribution < -0.4 is 5.73 Å². The molecule has 0 radical (unpaired) electrons. The Labute approximate surface area is 98.6 Å². The SMILES string of the molecule is N=CN=C(N)c1cccc(-c2ccccn2)n1. The normalized spacial score (nSPS) is 11.2. The van der Waals surface area contributed by atoms with Gasteiger partial charge in [0.1, 0.15) is 12.0 Å². The summed E-state index contributed by atoms with van der Waals surface area (Å²) in [5.74, 6) is 0.220. The number of hydrogen-bond acceptors (Lipinski definition) is 3. The van der Waals surface area contributed by atoms with Crippen LogP contribution >= 0.6 is 0 Å². The van der Waals surface area contributed by atoms with Crippen LogP contribution in [0.25, 0.3) is 11.4 Å². The van der Waals surface area contributed by atoms with Gasteiger partial charge in [-0.3, -0.25) is 10.4 Å². The fourth-order valence-electron chi connectivity index (χ4n) is 1.37. The van der Waals surface area contributed by atoms with Gasteiger partial charge >= 0.3 is 0 Å². The Bertz CT molecular complexity index is 548. The van der Waals surface area contributed by atoms with Crippen molar-refractivity contribution in [2.24, 2.45) is 10.7 Å².